The molecule has 31 heavy (non-hydrogen) atoms. The maximum absolute atomic E-state index is 6.36. The number of methoxy groups -OCH3 is 3. The lowest BCUT2D eigenvalue weighted by Gasteiger charge is -2.17. The number of rotatable bonds is 7. The third-order valence-electron chi connectivity index (χ3n) is 5.24. The number of hydrogen-bond donors (Lipinski definition) is 0. The van der Waals surface area contributed by atoms with E-state index in [-0.39, 0.29) is 6.10 Å². The van der Waals surface area contributed by atoms with Gasteiger partial charge in [-0.3, -0.25) is 0 Å². The van der Waals surface area contributed by atoms with Crippen molar-refractivity contribution in [2.75, 3.05) is 27.9 Å². The van der Waals surface area contributed by atoms with Crippen LogP contribution in [0.15, 0.2) is 46.8 Å². The van der Waals surface area contributed by atoms with E-state index in [2.05, 4.69) is 9.95 Å². The summed E-state index contributed by atoms with van der Waals surface area (Å²) in [5, 5.41) is 2.71. The summed E-state index contributed by atoms with van der Waals surface area (Å²) in [6, 6.07) is 11.5. The van der Waals surface area contributed by atoms with Crippen molar-refractivity contribution in [2.24, 2.45) is 4.99 Å². The Morgan fingerprint density at radius 3 is 2.48 bits per heavy atom. The summed E-state index contributed by atoms with van der Waals surface area (Å²) < 4.78 is 24.7. The van der Waals surface area contributed by atoms with Crippen LogP contribution in [0.25, 0.3) is 11.3 Å². The number of hydrogen-bond acceptors (Lipinski definition) is 6. The Hall–Kier alpha value is -2.48. The molecule has 0 bridgehead atoms. The van der Waals surface area contributed by atoms with Gasteiger partial charge in [0.15, 0.2) is 16.3 Å². The van der Waals surface area contributed by atoms with Gasteiger partial charge in [0.2, 0.25) is 5.75 Å². The fourth-order valence-electron chi connectivity index (χ4n) is 3.69. The van der Waals surface area contributed by atoms with E-state index >= 15 is 0 Å². The van der Waals surface area contributed by atoms with E-state index in [1.165, 1.54) is 0 Å². The van der Waals surface area contributed by atoms with Gasteiger partial charge in [0, 0.05) is 17.6 Å². The molecule has 1 aliphatic heterocycles. The Labute approximate surface area is 190 Å². The molecule has 2 heterocycles. The summed E-state index contributed by atoms with van der Waals surface area (Å²) in [7, 11) is 4.84. The van der Waals surface area contributed by atoms with Crippen molar-refractivity contribution in [2.45, 2.75) is 25.5 Å². The molecule has 1 aromatic heterocycles. The minimum Gasteiger partial charge on any atom is -0.493 e. The lowest BCUT2D eigenvalue weighted by atomic mass is 10.1. The summed E-state index contributed by atoms with van der Waals surface area (Å²) in [6.45, 7) is 1.50. The van der Waals surface area contributed by atoms with Gasteiger partial charge >= 0.3 is 0 Å². The van der Waals surface area contributed by atoms with Gasteiger partial charge in [-0.15, -0.1) is 11.3 Å². The smallest absolute Gasteiger partial charge is 0.203 e. The Morgan fingerprint density at radius 1 is 1.13 bits per heavy atom. The highest BCUT2D eigenvalue weighted by Gasteiger charge is 2.21. The molecule has 0 amide bonds. The van der Waals surface area contributed by atoms with E-state index in [1.54, 1.807) is 32.7 Å². The SMILES string of the molecule is COc1cc(-c2csc(=Nc3ccccc3Cl)n2CC2CCCO2)cc(OC)c1OC. The van der Waals surface area contributed by atoms with Gasteiger partial charge in [0.25, 0.3) is 0 Å². The molecular formula is C23H25ClN2O4S. The highest BCUT2D eigenvalue weighted by atomic mass is 35.5. The van der Waals surface area contributed by atoms with E-state index < -0.39 is 0 Å². The molecule has 3 aromatic rings. The molecule has 4 rings (SSSR count). The van der Waals surface area contributed by atoms with Crippen molar-refractivity contribution in [3.05, 3.63) is 51.6 Å². The minimum atomic E-state index is 0.153. The van der Waals surface area contributed by atoms with Crippen LogP contribution in [0.5, 0.6) is 17.2 Å². The van der Waals surface area contributed by atoms with E-state index in [1.807, 2.05) is 36.4 Å². The van der Waals surface area contributed by atoms with E-state index in [0.29, 0.717) is 28.8 Å². The fraction of sp³-hybridized carbons (Fsp3) is 0.348. The topological polar surface area (TPSA) is 54.2 Å². The van der Waals surface area contributed by atoms with Gasteiger partial charge in [-0.25, -0.2) is 4.99 Å². The van der Waals surface area contributed by atoms with Crippen LogP contribution in [-0.4, -0.2) is 38.6 Å². The van der Waals surface area contributed by atoms with Gasteiger partial charge in [-0.2, -0.15) is 0 Å². The second-order valence-electron chi connectivity index (χ2n) is 7.13. The lowest BCUT2D eigenvalue weighted by molar-refractivity contribution is 0.0968. The molecule has 6 nitrogen and oxygen atoms in total. The zero-order valence-electron chi connectivity index (χ0n) is 17.8. The molecule has 0 saturated carbocycles. The first kappa shape index (κ1) is 21.7. The predicted octanol–water partition coefficient (Wildman–Crippen LogP) is 5.31. The molecule has 1 fully saturated rings. The molecule has 0 radical (unpaired) electrons. The summed E-state index contributed by atoms with van der Waals surface area (Å²) >= 11 is 7.93. The van der Waals surface area contributed by atoms with Crippen LogP contribution in [0, 0.1) is 0 Å². The average molecular weight is 461 g/mol. The second kappa shape index (κ2) is 9.77. The van der Waals surface area contributed by atoms with Crippen LogP contribution in [-0.2, 0) is 11.3 Å². The van der Waals surface area contributed by atoms with Crippen molar-refractivity contribution in [1.82, 2.24) is 4.57 Å². The van der Waals surface area contributed by atoms with Gasteiger partial charge in [0.05, 0.1) is 50.4 Å². The Balaban J connectivity index is 1.87. The normalized spacial score (nSPS) is 16.5. The molecule has 2 aromatic carbocycles. The molecule has 0 spiro atoms. The van der Waals surface area contributed by atoms with Crippen molar-refractivity contribution in [1.29, 1.82) is 0 Å². The Kier molecular flexibility index (Phi) is 6.85. The quantitative estimate of drug-likeness (QED) is 0.479. The van der Waals surface area contributed by atoms with Crippen LogP contribution in [0.4, 0.5) is 5.69 Å². The molecule has 1 unspecified atom stereocenters. The number of nitrogens with zero attached hydrogens (tertiary/aromatic N) is 2. The largest absolute Gasteiger partial charge is 0.493 e. The first-order valence-electron chi connectivity index (χ1n) is 10.0. The standard InChI is InChI=1S/C23H25ClN2O4S/c1-27-20-11-15(12-21(28-2)22(20)29-3)19-14-31-23(25-18-9-5-4-8-17(18)24)26(19)13-16-7-6-10-30-16/h4-5,8-9,11-12,14,16H,6-7,10,13H2,1-3H3. The number of ether oxygens (including phenoxy) is 4. The number of thiazole rings is 1. The number of benzene rings is 2. The number of halogens is 1. The van der Waals surface area contributed by atoms with Gasteiger partial charge in [0.1, 0.15) is 0 Å². The average Bonchev–Trinajstić information content (AvgIpc) is 3.45. The first-order valence-corrected chi connectivity index (χ1v) is 11.3. The third-order valence-corrected chi connectivity index (χ3v) is 6.42. The predicted molar refractivity (Wildman–Crippen MR) is 123 cm³/mol. The lowest BCUT2D eigenvalue weighted by Crippen LogP contribution is -2.24. The van der Waals surface area contributed by atoms with Crippen LogP contribution in [0.1, 0.15) is 12.8 Å². The molecular weight excluding hydrogens is 436 g/mol. The zero-order valence-corrected chi connectivity index (χ0v) is 19.3. The van der Waals surface area contributed by atoms with Crippen molar-refractivity contribution >= 4 is 28.6 Å². The summed E-state index contributed by atoms with van der Waals surface area (Å²) in [5.74, 6) is 1.78. The maximum atomic E-state index is 6.36. The number of para-hydroxylation sites is 1. The minimum absolute atomic E-state index is 0.153. The highest BCUT2D eigenvalue weighted by Crippen LogP contribution is 2.41. The van der Waals surface area contributed by atoms with E-state index in [4.69, 9.17) is 35.5 Å². The van der Waals surface area contributed by atoms with Crippen molar-refractivity contribution in [3.8, 4) is 28.5 Å². The number of aromatic nitrogens is 1. The van der Waals surface area contributed by atoms with Crippen molar-refractivity contribution in [3.63, 3.8) is 0 Å². The Bertz CT molecular complexity index is 1090. The fourth-order valence-corrected chi connectivity index (χ4v) is 4.80. The molecule has 0 N–H and O–H groups in total. The second-order valence-corrected chi connectivity index (χ2v) is 8.37. The van der Waals surface area contributed by atoms with Gasteiger partial charge in [-0.1, -0.05) is 23.7 Å². The van der Waals surface area contributed by atoms with E-state index in [9.17, 15) is 0 Å². The molecule has 1 saturated heterocycles. The van der Waals surface area contributed by atoms with Crippen LogP contribution >= 0.6 is 22.9 Å². The summed E-state index contributed by atoms with van der Waals surface area (Å²) in [5.41, 5.74) is 2.69. The molecule has 8 heteroatoms. The van der Waals surface area contributed by atoms with Crippen LogP contribution < -0.4 is 19.0 Å². The van der Waals surface area contributed by atoms with Crippen molar-refractivity contribution < 1.29 is 18.9 Å². The zero-order chi connectivity index (χ0) is 21.8. The summed E-state index contributed by atoms with van der Waals surface area (Å²) in [6.07, 6.45) is 2.26. The molecule has 164 valence electrons. The monoisotopic (exact) mass is 460 g/mol. The molecule has 1 atom stereocenters. The van der Waals surface area contributed by atoms with Gasteiger partial charge < -0.3 is 23.5 Å². The van der Waals surface area contributed by atoms with E-state index in [0.717, 1.165) is 41.2 Å². The van der Waals surface area contributed by atoms with Crippen LogP contribution in [0.2, 0.25) is 5.02 Å². The van der Waals surface area contributed by atoms with Gasteiger partial charge in [-0.05, 0) is 37.1 Å². The first-order chi connectivity index (χ1) is 15.1. The van der Waals surface area contributed by atoms with Crippen LogP contribution in [0.3, 0.4) is 0 Å². The molecule has 0 aliphatic carbocycles. The molecule has 1 aliphatic rings. The maximum Gasteiger partial charge on any atom is 0.203 e. The third kappa shape index (κ3) is 4.59. The highest BCUT2D eigenvalue weighted by molar-refractivity contribution is 7.07. The summed E-state index contributed by atoms with van der Waals surface area (Å²) in [4.78, 5) is 5.71. The Morgan fingerprint density at radius 2 is 1.87 bits per heavy atom.